The van der Waals surface area contributed by atoms with Gasteiger partial charge in [-0.15, -0.1) is 0 Å². The predicted octanol–water partition coefficient (Wildman–Crippen LogP) is 3.53. The highest BCUT2D eigenvalue weighted by Gasteiger charge is 2.25. The molecule has 2 unspecified atom stereocenters. The molecule has 1 amide bonds. The largest absolute Gasteiger partial charge is 0.497 e. The summed E-state index contributed by atoms with van der Waals surface area (Å²) < 4.78 is 10.6. The van der Waals surface area contributed by atoms with Crippen molar-refractivity contribution in [3.8, 4) is 11.5 Å². The number of fused-ring (bicyclic) bond motifs is 1. The fourth-order valence-corrected chi connectivity index (χ4v) is 3.98. The van der Waals surface area contributed by atoms with Crippen LogP contribution in [0, 0.1) is 5.92 Å². The second-order valence-corrected chi connectivity index (χ2v) is 7.41. The summed E-state index contributed by atoms with van der Waals surface area (Å²) in [7, 11) is 3.06. The Morgan fingerprint density at radius 2 is 1.90 bits per heavy atom. The van der Waals surface area contributed by atoms with Crippen LogP contribution in [0.4, 0.5) is 0 Å². The molecule has 0 radical (unpaired) electrons. The van der Waals surface area contributed by atoms with E-state index in [9.17, 15) is 14.7 Å². The topological polar surface area (TPSA) is 84.9 Å². The molecule has 0 bridgehead atoms. The zero-order valence-electron chi connectivity index (χ0n) is 16.8. The van der Waals surface area contributed by atoms with E-state index < -0.39 is 12.0 Å². The fraction of sp³-hybridized carbons (Fsp3) is 0.391. The number of carbonyl (C=O) groups is 2. The second-order valence-electron chi connectivity index (χ2n) is 7.41. The van der Waals surface area contributed by atoms with Gasteiger partial charge in [0.1, 0.15) is 11.5 Å². The first-order valence-electron chi connectivity index (χ1n) is 9.80. The summed E-state index contributed by atoms with van der Waals surface area (Å²) in [6, 6.07) is 12.8. The van der Waals surface area contributed by atoms with Crippen LogP contribution in [0.3, 0.4) is 0 Å². The summed E-state index contributed by atoms with van der Waals surface area (Å²) in [6.45, 7) is 0. The van der Waals surface area contributed by atoms with Gasteiger partial charge in [-0.3, -0.25) is 9.59 Å². The maximum atomic E-state index is 12.7. The number of aryl methyl sites for hydroxylation is 1. The van der Waals surface area contributed by atoms with Crippen molar-refractivity contribution in [2.24, 2.45) is 5.92 Å². The molecule has 0 saturated heterocycles. The van der Waals surface area contributed by atoms with Crippen LogP contribution in [0.2, 0.25) is 0 Å². The third kappa shape index (κ3) is 5.28. The van der Waals surface area contributed by atoms with E-state index in [1.807, 2.05) is 12.1 Å². The van der Waals surface area contributed by atoms with Gasteiger partial charge < -0.3 is 19.9 Å². The van der Waals surface area contributed by atoms with Crippen LogP contribution in [-0.2, 0) is 22.4 Å². The molecule has 29 heavy (non-hydrogen) atoms. The molecule has 3 rings (SSSR count). The highest BCUT2D eigenvalue weighted by Crippen LogP contribution is 2.32. The van der Waals surface area contributed by atoms with Crippen LogP contribution in [0.15, 0.2) is 42.5 Å². The van der Waals surface area contributed by atoms with E-state index in [4.69, 9.17) is 9.47 Å². The van der Waals surface area contributed by atoms with E-state index in [0.29, 0.717) is 23.5 Å². The molecular formula is C23H27NO5. The molecular weight excluding hydrogens is 370 g/mol. The van der Waals surface area contributed by atoms with E-state index in [1.54, 1.807) is 25.3 Å². The third-order valence-electron chi connectivity index (χ3n) is 5.45. The molecule has 0 heterocycles. The van der Waals surface area contributed by atoms with Crippen LogP contribution in [0.5, 0.6) is 11.5 Å². The number of carbonyl (C=O) groups excluding carboxylic acids is 1. The lowest BCUT2D eigenvalue weighted by Crippen LogP contribution is -2.32. The third-order valence-corrected chi connectivity index (χ3v) is 5.45. The molecule has 1 aliphatic rings. The van der Waals surface area contributed by atoms with Crippen LogP contribution in [0.1, 0.15) is 42.0 Å². The lowest BCUT2D eigenvalue weighted by molar-refractivity contribution is -0.137. The van der Waals surface area contributed by atoms with Gasteiger partial charge in [0, 0.05) is 18.1 Å². The number of carboxylic acid groups (broad SMARTS) is 1. The van der Waals surface area contributed by atoms with Crippen molar-refractivity contribution in [3.63, 3.8) is 0 Å². The Morgan fingerprint density at radius 1 is 1.14 bits per heavy atom. The Morgan fingerprint density at radius 3 is 2.59 bits per heavy atom. The maximum Gasteiger partial charge on any atom is 0.305 e. The van der Waals surface area contributed by atoms with Crippen molar-refractivity contribution < 1.29 is 24.2 Å². The molecule has 0 aromatic heterocycles. The van der Waals surface area contributed by atoms with Crippen molar-refractivity contribution in [1.82, 2.24) is 5.32 Å². The first-order chi connectivity index (χ1) is 14.0. The van der Waals surface area contributed by atoms with Gasteiger partial charge >= 0.3 is 5.97 Å². The molecule has 0 saturated carbocycles. The summed E-state index contributed by atoms with van der Waals surface area (Å²) in [5.41, 5.74) is 3.28. The number of benzene rings is 2. The van der Waals surface area contributed by atoms with Crippen LogP contribution >= 0.6 is 0 Å². The van der Waals surface area contributed by atoms with E-state index in [1.165, 1.54) is 18.2 Å². The van der Waals surface area contributed by atoms with Crippen molar-refractivity contribution in [2.45, 2.75) is 38.1 Å². The minimum absolute atomic E-state index is 0.140. The quantitative estimate of drug-likeness (QED) is 0.712. The summed E-state index contributed by atoms with van der Waals surface area (Å²) in [5, 5.41) is 12.2. The average Bonchev–Trinajstić information content (AvgIpc) is 2.72. The minimum Gasteiger partial charge on any atom is -0.497 e. The smallest absolute Gasteiger partial charge is 0.305 e. The van der Waals surface area contributed by atoms with Gasteiger partial charge in [0.25, 0.3) is 0 Å². The van der Waals surface area contributed by atoms with Gasteiger partial charge in [-0.05, 0) is 48.4 Å². The number of nitrogens with one attached hydrogen (secondary N) is 1. The molecule has 2 atom stereocenters. The van der Waals surface area contributed by atoms with E-state index in [2.05, 4.69) is 17.4 Å². The van der Waals surface area contributed by atoms with Crippen molar-refractivity contribution in [1.29, 1.82) is 0 Å². The number of amides is 1. The number of ether oxygens (including phenoxy) is 2. The number of methoxy groups -OCH3 is 2. The van der Waals surface area contributed by atoms with Crippen LogP contribution in [0.25, 0.3) is 0 Å². The maximum absolute atomic E-state index is 12.7. The first kappa shape index (κ1) is 20.7. The van der Waals surface area contributed by atoms with Gasteiger partial charge in [0.05, 0.1) is 26.7 Å². The van der Waals surface area contributed by atoms with Gasteiger partial charge in [-0.1, -0.05) is 24.3 Å². The van der Waals surface area contributed by atoms with Crippen LogP contribution < -0.4 is 14.8 Å². The molecule has 0 fully saturated rings. The molecule has 2 aromatic carbocycles. The predicted molar refractivity (Wildman–Crippen MR) is 109 cm³/mol. The summed E-state index contributed by atoms with van der Waals surface area (Å²) in [5.74, 6) is 0.223. The van der Waals surface area contributed by atoms with E-state index in [-0.39, 0.29) is 18.2 Å². The monoisotopic (exact) mass is 397 g/mol. The lowest BCUT2D eigenvalue weighted by atomic mass is 9.82. The Labute approximate surface area is 170 Å². The number of hydrogen-bond acceptors (Lipinski definition) is 4. The SMILES string of the molecule is COc1ccc(C(CC(=O)O)NC(=O)CC2CCc3ccccc3C2)c(OC)c1. The zero-order valence-corrected chi connectivity index (χ0v) is 16.8. The van der Waals surface area contributed by atoms with Gasteiger partial charge in [0.2, 0.25) is 5.91 Å². The van der Waals surface area contributed by atoms with Crippen LogP contribution in [-0.4, -0.2) is 31.2 Å². The number of rotatable bonds is 8. The number of carboxylic acids is 1. The Kier molecular flexibility index (Phi) is 6.75. The molecule has 154 valence electrons. The molecule has 0 spiro atoms. The lowest BCUT2D eigenvalue weighted by Gasteiger charge is -2.25. The molecule has 2 aromatic rings. The summed E-state index contributed by atoms with van der Waals surface area (Å²) in [4.78, 5) is 24.1. The second kappa shape index (κ2) is 9.45. The zero-order chi connectivity index (χ0) is 20.8. The molecule has 6 nitrogen and oxygen atoms in total. The Hall–Kier alpha value is -3.02. The minimum atomic E-state index is -0.986. The van der Waals surface area contributed by atoms with Crippen molar-refractivity contribution in [2.75, 3.05) is 14.2 Å². The Balaban J connectivity index is 1.71. The van der Waals surface area contributed by atoms with E-state index in [0.717, 1.165) is 19.3 Å². The standard InChI is InChI=1S/C23H27NO5/c1-28-18-9-10-19(21(13-18)29-2)20(14-23(26)27)24-22(25)12-15-7-8-16-5-3-4-6-17(16)11-15/h3-6,9-10,13,15,20H,7-8,11-12,14H2,1-2H3,(H,24,25)(H,26,27). The average molecular weight is 397 g/mol. The van der Waals surface area contributed by atoms with Gasteiger partial charge in [0.15, 0.2) is 0 Å². The fourth-order valence-electron chi connectivity index (χ4n) is 3.98. The number of hydrogen-bond donors (Lipinski definition) is 2. The van der Waals surface area contributed by atoms with Gasteiger partial charge in [-0.2, -0.15) is 0 Å². The molecule has 0 aliphatic heterocycles. The van der Waals surface area contributed by atoms with Gasteiger partial charge in [-0.25, -0.2) is 0 Å². The highest BCUT2D eigenvalue weighted by atomic mass is 16.5. The van der Waals surface area contributed by atoms with Crippen molar-refractivity contribution in [3.05, 3.63) is 59.2 Å². The summed E-state index contributed by atoms with van der Waals surface area (Å²) >= 11 is 0. The normalized spacial score (nSPS) is 16.4. The summed E-state index contributed by atoms with van der Waals surface area (Å²) in [6.07, 6.45) is 2.96. The number of aliphatic carboxylic acids is 1. The molecule has 1 aliphatic carbocycles. The first-order valence-corrected chi connectivity index (χ1v) is 9.80. The molecule has 6 heteroatoms. The van der Waals surface area contributed by atoms with E-state index >= 15 is 0 Å². The highest BCUT2D eigenvalue weighted by molar-refractivity contribution is 5.78. The Bertz CT molecular complexity index is 879. The molecule has 2 N–H and O–H groups in total. The van der Waals surface area contributed by atoms with Crippen molar-refractivity contribution >= 4 is 11.9 Å².